The van der Waals surface area contributed by atoms with E-state index in [9.17, 15) is 4.79 Å². The van der Waals surface area contributed by atoms with Crippen molar-refractivity contribution < 1.29 is 19.0 Å². The van der Waals surface area contributed by atoms with Crippen LogP contribution in [0.1, 0.15) is 16.8 Å². The van der Waals surface area contributed by atoms with Crippen molar-refractivity contribution in [2.24, 2.45) is 0 Å². The highest BCUT2D eigenvalue weighted by molar-refractivity contribution is 5.95. The maximum absolute atomic E-state index is 12.6. The molecule has 118 valence electrons. The lowest BCUT2D eigenvalue weighted by molar-refractivity contribution is 0.0770. The minimum absolute atomic E-state index is 0.0338. The summed E-state index contributed by atoms with van der Waals surface area (Å²) in [4.78, 5) is 14.4. The summed E-state index contributed by atoms with van der Waals surface area (Å²) in [5.41, 5.74) is 0.592. The van der Waals surface area contributed by atoms with E-state index in [-0.39, 0.29) is 18.8 Å². The number of benzene rings is 1. The van der Waals surface area contributed by atoms with Crippen LogP contribution in [-0.2, 0) is 0 Å². The Balaban J connectivity index is 1.42. The van der Waals surface area contributed by atoms with Crippen LogP contribution < -0.4 is 14.2 Å². The van der Waals surface area contributed by atoms with Gasteiger partial charge in [-0.3, -0.25) is 4.79 Å². The Bertz CT molecular complexity index is 723. The Labute approximate surface area is 132 Å². The molecule has 2 aromatic rings. The molecule has 7 nitrogen and oxygen atoms in total. The predicted octanol–water partition coefficient (Wildman–Crippen LogP) is 1.50. The summed E-state index contributed by atoms with van der Waals surface area (Å²) in [6.45, 7) is 1.38. The first-order valence-electron chi connectivity index (χ1n) is 7.43. The van der Waals surface area contributed by atoms with Gasteiger partial charge in [0.15, 0.2) is 11.5 Å². The topological polar surface area (TPSA) is 73.8 Å². The Morgan fingerprint density at radius 1 is 1.26 bits per heavy atom. The number of aromatic nitrogens is 2. The van der Waals surface area contributed by atoms with Crippen molar-refractivity contribution in [1.29, 1.82) is 0 Å². The highest BCUT2D eigenvalue weighted by Gasteiger charge is 2.29. The van der Waals surface area contributed by atoms with Crippen molar-refractivity contribution in [2.75, 3.05) is 19.9 Å². The zero-order valence-corrected chi connectivity index (χ0v) is 12.3. The summed E-state index contributed by atoms with van der Waals surface area (Å²) in [5, 5.41) is 7.68. The van der Waals surface area contributed by atoms with Crippen LogP contribution in [-0.4, -0.2) is 47.0 Å². The van der Waals surface area contributed by atoms with Gasteiger partial charge >= 0.3 is 0 Å². The molecule has 4 rings (SSSR count). The Morgan fingerprint density at radius 2 is 2.17 bits per heavy atom. The molecule has 1 amide bonds. The number of ether oxygens (including phenoxy) is 3. The van der Waals surface area contributed by atoms with Crippen LogP contribution in [0.5, 0.6) is 17.4 Å². The number of hydrogen-bond acceptors (Lipinski definition) is 6. The van der Waals surface area contributed by atoms with E-state index in [0.29, 0.717) is 36.0 Å². The van der Waals surface area contributed by atoms with Crippen LogP contribution in [0.15, 0.2) is 36.5 Å². The third-order valence-electron chi connectivity index (χ3n) is 3.89. The Morgan fingerprint density at radius 3 is 3.04 bits per heavy atom. The van der Waals surface area contributed by atoms with E-state index in [1.165, 1.54) is 0 Å². The molecule has 1 atom stereocenters. The molecule has 0 aliphatic carbocycles. The fourth-order valence-corrected chi connectivity index (χ4v) is 2.74. The summed E-state index contributed by atoms with van der Waals surface area (Å²) < 4.78 is 16.3. The number of carbonyl (C=O) groups is 1. The maximum Gasteiger partial charge on any atom is 0.254 e. The maximum atomic E-state index is 12.6. The van der Waals surface area contributed by atoms with Gasteiger partial charge in [0, 0.05) is 30.8 Å². The van der Waals surface area contributed by atoms with Gasteiger partial charge in [0.25, 0.3) is 5.91 Å². The molecular formula is C16H15N3O4. The third kappa shape index (κ3) is 2.77. The molecule has 0 radical (unpaired) electrons. The lowest BCUT2D eigenvalue weighted by Crippen LogP contribution is -2.31. The second kappa shape index (κ2) is 5.75. The standard InChI is InChI=1S/C16H15N3O4/c20-16(11-3-4-13-14(8-11)22-10-21-13)19-7-5-12(9-19)23-15-2-1-6-17-18-15/h1-4,6,8,12H,5,7,9-10H2. The second-order valence-corrected chi connectivity index (χ2v) is 5.41. The number of hydrogen-bond donors (Lipinski definition) is 0. The quantitative estimate of drug-likeness (QED) is 0.855. The minimum atomic E-state index is -0.0651. The number of carbonyl (C=O) groups excluding carboxylic acids is 1. The first-order chi connectivity index (χ1) is 11.3. The normalized spacial score (nSPS) is 19.0. The highest BCUT2D eigenvalue weighted by Crippen LogP contribution is 2.33. The zero-order valence-electron chi connectivity index (χ0n) is 12.3. The molecule has 0 spiro atoms. The van der Waals surface area contributed by atoms with Crippen molar-refractivity contribution in [3.05, 3.63) is 42.1 Å². The van der Waals surface area contributed by atoms with E-state index in [4.69, 9.17) is 14.2 Å². The largest absolute Gasteiger partial charge is 0.471 e. The Kier molecular flexibility index (Phi) is 3.45. The summed E-state index contributed by atoms with van der Waals surface area (Å²) in [7, 11) is 0. The summed E-state index contributed by atoms with van der Waals surface area (Å²) in [6, 6.07) is 8.77. The van der Waals surface area contributed by atoms with Crippen molar-refractivity contribution in [3.63, 3.8) is 0 Å². The molecule has 2 aliphatic heterocycles. The summed E-state index contributed by atoms with van der Waals surface area (Å²) >= 11 is 0. The van der Waals surface area contributed by atoms with Gasteiger partial charge in [-0.05, 0) is 24.3 Å². The number of fused-ring (bicyclic) bond motifs is 1. The highest BCUT2D eigenvalue weighted by atomic mass is 16.7. The van der Waals surface area contributed by atoms with E-state index < -0.39 is 0 Å². The van der Waals surface area contributed by atoms with E-state index in [0.717, 1.165) is 6.42 Å². The molecule has 1 unspecified atom stereocenters. The predicted molar refractivity (Wildman–Crippen MR) is 79.5 cm³/mol. The number of amides is 1. The smallest absolute Gasteiger partial charge is 0.254 e. The van der Waals surface area contributed by atoms with E-state index in [1.807, 2.05) is 0 Å². The van der Waals surface area contributed by atoms with Crippen LogP contribution in [0, 0.1) is 0 Å². The number of rotatable bonds is 3. The average Bonchev–Trinajstić information content (AvgIpc) is 3.23. The molecular weight excluding hydrogens is 298 g/mol. The van der Waals surface area contributed by atoms with Crippen LogP contribution in [0.2, 0.25) is 0 Å². The monoisotopic (exact) mass is 313 g/mol. The molecule has 3 heterocycles. The fourth-order valence-electron chi connectivity index (χ4n) is 2.74. The Hall–Kier alpha value is -2.83. The lowest BCUT2D eigenvalue weighted by Gasteiger charge is -2.17. The van der Waals surface area contributed by atoms with Crippen LogP contribution in [0.4, 0.5) is 0 Å². The third-order valence-corrected chi connectivity index (χ3v) is 3.89. The van der Waals surface area contributed by atoms with Crippen LogP contribution in [0.3, 0.4) is 0 Å². The molecule has 1 saturated heterocycles. The first-order valence-corrected chi connectivity index (χ1v) is 7.43. The van der Waals surface area contributed by atoms with Gasteiger partial charge in [-0.1, -0.05) is 0 Å². The van der Waals surface area contributed by atoms with Crippen molar-refractivity contribution >= 4 is 5.91 Å². The first kappa shape index (κ1) is 13.8. The van der Waals surface area contributed by atoms with Crippen molar-refractivity contribution in [2.45, 2.75) is 12.5 Å². The van der Waals surface area contributed by atoms with Crippen LogP contribution >= 0.6 is 0 Å². The number of likely N-dealkylation sites (tertiary alicyclic amines) is 1. The molecule has 0 N–H and O–H groups in total. The second-order valence-electron chi connectivity index (χ2n) is 5.41. The molecule has 0 saturated carbocycles. The molecule has 7 heteroatoms. The lowest BCUT2D eigenvalue weighted by atomic mass is 10.2. The van der Waals surface area contributed by atoms with Gasteiger partial charge in [-0.15, -0.1) is 5.10 Å². The minimum Gasteiger partial charge on any atom is -0.471 e. The molecule has 1 aromatic carbocycles. The van der Waals surface area contributed by atoms with Gasteiger partial charge < -0.3 is 19.1 Å². The fraction of sp³-hybridized carbons (Fsp3) is 0.312. The molecule has 1 aromatic heterocycles. The average molecular weight is 313 g/mol. The van der Waals surface area contributed by atoms with Gasteiger partial charge in [-0.25, -0.2) is 0 Å². The van der Waals surface area contributed by atoms with Gasteiger partial charge in [0.05, 0.1) is 6.54 Å². The van der Waals surface area contributed by atoms with Crippen molar-refractivity contribution in [1.82, 2.24) is 15.1 Å². The van der Waals surface area contributed by atoms with Crippen LogP contribution in [0.25, 0.3) is 0 Å². The molecule has 23 heavy (non-hydrogen) atoms. The molecule has 2 aliphatic rings. The molecule has 1 fully saturated rings. The number of nitrogens with zero attached hydrogens (tertiary/aromatic N) is 3. The summed E-state index contributed by atoms with van der Waals surface area (Å²) in [6.07, 6.45) is 2.30. The van der Waals surface area contributed by atoms with E-state index in [1.54, 1.807) is 41.4 Å². The van der Waals surface area contributed by atoms with Gasteiger partial charge in [-0.2, -0.15) is 5.10 Å². The zero-order chi connectivity index (χ0) is 15.6. The van der Waals surface area contributed by atoms with E-state index >= 15 is 0 Å². The molecule has 0 bridgehead atoms. The summed E-state index contributed by atoms with van der Waals surface area (Å²) in [5.74, 6) is 1.73. The van der Waals surface area contributed by atoms with E-state index in [2.05, 4.69) is 10.2 Å². The SMILES string of the molecule is O=C(c1ccc2c(c1)OCO2)N1CCC(Oc2cccnn2)C1. The van der Waals surface area contributed by atoms with Gasteiger partial charge in [0.1, 0.15) is 6.10 Å². The van der Waals surface area contributed by atoms with Gasteiger partial charge in [0.2, 0.25) is 12.7 Å². The van der Waals surface area contributed by atoms with Crippen molar-refractivity contribution in [3.8, 4) is 17.4 Å².